The van der Waals surface area contributed by atoms with Crippen molar-refractivity contribution in [3.63, 3.8) is 0 Å². The van der Waals surface area contributed by atoms with E-state index in [1.807, 2.05) is 0 Å². The summed E-state index contributed by atoms with van der Waals surface area (Å²) in [5, 5.41) is 1.37. The fourth-order valence-electron chi connectivity index (χ4n) is 3.06. The van der Waals surface area contributed by atoms with Gasteiger partial charge in [0.05, 0.1) is 0 Å². The van der Waals surface area contributed by atoms with Crippen LogP contribution in [-0.4, -0.2) is 4.57 Å². The summed E-state index contributed by atoms with van der Waals surface area (Å²) < 4.78 is 2.36. The molecule has 1 aliphatic carbocycles. The smallest absolute Gasteiger partial charge is 0.0479 e. The fraction of sp³-hybridized carbons (Fsp3) is 0.412. The van der Waals surface area contributed by atoms with Crippen LogP contribution in [0.4, 0.5) is 0 Å². The molecule has 94 valence electrons. The number of aromatic nitrogens is 1. The van der Waals surface area contributed by atoms with Gasteiger partial charge in [0.1, 0.15) is 0 Å². The Kier molecular flexibility index (Phi) is 3.22. The molecule has 0 bridgehead atoms. The minimum absolute atomic E-state index is 0.896. The predicted octanol–water partition coefficient (Wildman–Crippen LogP) is 4.47. The normalized spacial score (nSPS) is 19.5. The molecular weight excluding hydrogens is 218 g/mol. The van der Waals surface area contributed by atoms with Crippen LogP contribution in [-0.2, 0) is 13.5 Å². The van der Waals surface area contributed by atoms with Crippen LogP contribution in [0.2, 0.25) is 0 Å². The van der Waals surface area contributed by atoms with Gasteiger partial charge in [-0.2, -0.15) is 0 Å². The third-order valence-electron chi connectivity index (χ3n) is 4.24. The Hall–Kier alpha value is -1.50. The van der Waals surface area contributed by atoms with Gasteiger partial charge < -0.3 is 4.57 Å². The van der Waals surface area contributed by atoms with E-state index in [4.69, 9.17) is 0 Å². The van der Waals surface area contributed by atoms with E-state index in [-0.39, 0.29) is 0 Å². The summed E-state index contributed by atoms with van der Waals surface area (Å²) in [6, 6.07) is 11.0. The Labute approximate surface area is 109 Å². The topological polar surface area (TPSA) is 4.93 Å². The van der Waals surface area contributed by atoms with Crippen molar-refractivity contribution in [2.45, 2.75) is 32.1 Å². The molecule has 2 aromatic rings. The largest absolute Gasteiger partial charge is 0.348 e. The first-order chi connectivity index (χ1) is 8.84. The highest BCUT2D eigenvalue weighted by atomic mass is 14.9. The highest BCUT2D eigenvalue weighted by Gasteiger charge is 2.11. The minimum Gasteiger partial charge on any atom is -0.348 e. The highest BCUT2D eigenvalue weighted by molar-refractivity contribution is 5.81. The van der Waals surface area contributed by atoms with Crippen molar-refractivity contribution in [1.29, 1.82) is 0 Å². The van der Waals surface area contributed by atoms with Crippen LogP contribution >= 0.6 is 0 Å². The van der Waals surface area contributed by atoms with Gasteiger partial charge in [0.15, 0.2) is 0 Å². The van der Waals surface area contributed by atoms with Crippen LogP contribution in [0.3, 0.4) is 0 Å². The molecule has 1 heterocycles. The zero-order chi connectivity index (χ0) is 12.4. The molecule has 1 unspecified atom stereocenters. The molecule has 1 aromatic carbocycles. The molecule has 1 heteroatoms. The van der Waals surface area contributed by atoms with Gasteiger partial charge >= 0.3 is 0 Å². The third kappa shape index (κ3) is 2.22. The van der Waals surface area contributed by atoms with Gasteiger partial charge in [-0.25, -0.2) is 0 Å². The first kappa shape index (κ1) is 11.6. The number of para-hydroxylation sites is 1. The molecule has 0 spiro atoms. The molecular formula is C17H21N. The maximum Gasteiger partial charge on any atom is 0.0479 e. The van der Waals surface area contributed by atoms with Crippen molar-refractivity contribution in [2.24, 2.45) is 13.0 Å². The summed E-state index contributed by atoms with van der Waals surface area (Å²) in [5.41, 5.74) is 2.83. The van der Waals surface area contributed by atoms with E-state index >= 15 is 0 Å². The average molecular weight is 239 g/mol. The van der Waals surface area contributed by atoms with Crippen molar-refractivity contribution in [2.75, 3.05) is 0 Å². The summed E-state index contributed by atoms with van der Waals surface area (Å²) in [7, 11) is 2.19. The molecule has 1 aliphatic rings. The van der Waals surface area contributed by atoms with Crippen molar-refractivity contribution >= 4 is 10.9 Å². The van der Waals surface area contributed by atoms with Crippen LogP contribution in [0.25, 0.3) is 10.9 Å². The minimum atomic E-state index is 0.896. The predicted molar refractivity (Wildman–Crippen MR) is 77.7 cm³/mol. The quantitative estimate of drug-likeness (QED) is 0.697. The lowest BCUT2D eigenvalue weighted by Crippen LogP contribution is -2.05. The van der Waals surface area contributed by atoms with E-state index in [2.05, 4.69) is 54.1 Å². The first-order valence-electron chi connectivity index (χ1n) is 7.03. The lowest BCUT2D eigenvalue weighted by molar-refractivity contribution is 0.442. The van der Waals surface area contributed by atoms with Crippen LogP contribution in [0.1, 0.15) is 31.4 Å². The molecule has 0 saturated heterocycles. The Morgan fingerprint density at radius 3 is 2.89 bits per heavy atom. The zero-order valence-corrected chi connectivity index (χ0v) is 11.1. The molecule has 0 aliphatic heterocycles. The van der Waals surface area contributed by atoms with Crippen molar-refractivity contribution in [3.8, 4) is 0 Å². The van der Waals surface area contributed by atoms with Crippen molar-refractivity contribution in [3.05, 3.63) is 48.2 Å². The number of aryl methyl sites for hydroxylation is 2. The van der Waals surface area contributed by atoms with Gasteiger partial charge in [-0.3, -0.25) is 0 Å². The molecule has 3 rings (SSSR count). The van der Waals surface area contributed by atoms with E-state index in [0.717, 1.165) is 5.92 Å². The molecule has 1 aromatic heterocycles. The van der Waals surface area contributed by atoms with Gasteiger partial charge in [0, 0.05) is 18.3 Å². The number of fused-ring (bicyclic) bond motifs is 1. The third-order valence-corrected chi connectivity index (χ3v) is 4.24. The maximum absolute atomic E-state index is 2.36. The highest BCUT2D eigenvalue weighted by Crippen LogP contribution is 2.25. The average Bonchev–Trinajstić information content (AvgIpc) is 2.75. The van der Waals surface area contributed by atoms with Crippen LogP contribution in [0.15, 0.2) is 42.5 Å². The van der Waals surface area contributed by atoms with E-state index in [0.29, 0.717) is 0 Å². The SMILES string of the molecule is Cn1c(CCC2CC=CCC2)cc2ccccc21. The Morgan fingerprint density at radius 1 is 1.22 bits per heavy atom. The Morgan fingerprint density at radius 2 is 2.11 bits per heavy atom. The fourth-order valence-corrected chi connectivity index (χ4v) is 3.06. The second-order valence-electron chi connectivity index (χ2n) is 5.44. The Balaban J connectivity index is 1.74. The molecule has 0 N–H and O–H groups in total. The van der Waals surface area contributed by atoms with Gasteiger partial charge in [-0.1, -0.05) is 30.4 Å². The molecule has 0 fully saturated rings. The van der Waals surface area contributed by atoms with E-state index in [1.165, 1.54) is 48.7 Å². The maximum atomic E-state index is 2.36. The lowest BCUT2D eigenvalue weighted by atomic mass is 9.90. The second kappa shape index (κ2) is 5.01. The summed E-state index contributed by atoms with van der Waals surface area (Å²) in [4.78, 5) is 0. The molecule has 0 amide bonds. The second-order valence-corrected chi connectivity index (χ2v) is 5.44. The van der Waals surface area contributed by atoms with Gasteiger partial charge in [-0.05, 0) is 55.5 Å². The number of hydrogen-bond acceptors (Lipinski definition) is 0. The van der Waals surface area contributed by atoms with E-state index in [1.54, 1.807) is 0 Å². The number of allylic oxidation sites excluding steroid dienone is 2. The van der Waals surface area contributed by atoms with Crippen LogP contribution in [0, 0.1) is 5.92 Å². The summed E-state index contributed by atoms with van der Waals surface area (Å²) in [6.07, 6.45) is 11.2. The molecule has 1 atom stereocenters. The first-order valence-corrected chi connectivity index (χ1v) is 7.03. The summed E-state index contributed by atoms with van der Waals surface area (Å²) >= 11 is 0. The van der Waals surface area contributed by atoms with Gasteiger partial charge in [-0.15, -0.1) is 0 Å². The number of hydrogen-bond donors (Lipinski definition) is 0. The molecule has 1 nitrogen and oxygen atoms in total. The lowest BCUT2D eigenvalue weighted by Gasteiger charge is -2.17. The van der Waals surface area contributed by atoms with Gasteiger partial charge in [0.25, 0.3) is 0 Å². The summed E-state index contributed by atoms with van der Waals surface area (Å²) in [6.45, 7) is 0. The Bertz CT molecular complexity index is 562. The molecule has 0 radical (unpaired) electrons. The van der Waals surface area contributed by atoms with Gasteiger partial charge in [0.2, 0.25) is 0 Å². The summed E-state index contributed by atoms with van der Waals surface area (Å²) in [5.74, 6) is 0.896. The van der Waals surface area contributed by atoms with E-state index < -0.39 is 0 Å². The van der Waals surface area contributed by atoms with E-state index in [9.17, 15) is 0 Å². The molecule has 18 heavy (non-hydrogen) atoms. The number of rotatable bonds is 3. The standard InChI is InChI=1S/C17H21N/c1-18-16(12-11-14-7-3-2-4-8-14)13-15-9-5-6-10-17(15)18/h2-3,5-6,9-10,13-14H,4,7-8,11-12H2,1H3. The molecule has 0 saturated carbocycles. The van der Waals surface area contributed by atoms with Crippen LogP contribution in [0.5, 0.6) is 0 Å². The monoisotopic (exact) mass is 239 g/mol. The number of nitrogens with zero attached hydrogens (tertiary/aromatic N) is 1. The number of benzene rings is 1. The zero-order valence-electron chi connectivity index (χ0n) is 11.1. The van der Waals surface area contributed by atoms with Crippen molar-refractivity contribution in [1.82, 2.24) is 4.57 Å². The van der Waals surface area contributed by atoms with Crippen LogP contribution < -0.4 is 0 Å². The van der Waals surface area contributed by atoms with Crippen molar-refractivity contribution < 1.29 is 0 Å².